The Hall–Kier alpha value is -1.60. The van der Waals surface area contributed by atoms with E-state index in [9.17, 15) is 0 Å². The van der Waals surface area contributed by atoms with Gasteiger partial charge in [-0.15, -0.1) is 11.3 Å². The average molecular weight is 331 g/mol. The highest BCUT2D eigenvalue weighted by atomic mass is 32.1. The van der Waals surface area contributed by atoms with Crippen LogP contribution < -0.4 is 25.6 Å². The monoisotopic (exact) mass is 331 g/mol. The predicted molar refractivity (Wildman–Crippen MR) is 90.8 cm³/mol. The van der Waals surface area contributed by atoms with Gasteiger partial charge in [0, 0.05) is 30.4 Å². The van der Waals surface area contributed by atoms with Crippen molar-refractivity contribution in [3.63, 3.8) is 0 Å². The minimum Gasteiger partial charge on any atom is -0.486 e. The topological polar surface area (TPSA) is 54.5 Å². The summed E-state index contributed by atoms with van der Waals surface area (Å²) in [6.07, 6.45) is 0. The van der Waals surface area contributed by atoms with Crippen LogP contribution in [-0.4, -0.2) is 26.3 Å². The zero-order valence-electron chi connectivity index (χ0n) is 12.9. The molecular weight excluding hydrogens is 310 g/mol. The summed E-state index contributed by atoms with van der Waals surface area (Å²) < 4.78 is 11.2. The lowest BCUT2D eigenvalue weighted by molar-refractivity contribution is 0.171. The highest BCUT2D eigenvalue weighted by Gasteiger charge is 2.28. The molecule has 3 heterocycles. The van der Waals surface area contributed by atoms with Crippen molar-refractivity contribution in [3.05, 3.63) is 46.2 Å². The molecule has 0 spiro atoms. The number of hydrogen-bond acceptors (Lipinski definition) is 6. The van der Waals surface area contributed by atoms with Crippen LogP contribution >= 0.6 is 11.3 Å². The average Bonchev–Trinajstić information content (AvgIpc) is 3.26. The van der Waals surface area contributed by atoms with Crippen LogP contribution in [0.4, 0.5) is 0 Å². The van der Waals surface area contributed by atoms with Crippen molar-refractivity contribution in [2.75, 3.05) is 26.3 Å². The summed E-state index contributed by atoms with van der Waals surface area (Å²) in [5.41, 5.74) is 7.89. The SMILES string of the molecule is c1csc(C2NNCC2CNCc2ccc3c(c2)OCCO3)c1. The molecule has 2 aliphatic rings. The molecule has 3 N–H and O–H groups in total. The zero-order valence-corrected chi connectivity index (χ0v) is 13.7. The van der Waals surface area contributed by atoms with Gasteiger partial charge in [-0.1, -0.05) is 12.1 Å². The largest absolute Gasteiger partial charge is 0.486 e. The summed E-state index contributed by atoms with van der Waals surface area (Å²) in [5, 5.41) is 5.70. The second-order valence-corrected chi connectivity index (χ2v) is 6.87. The molecule has 2 atom stereocenters. The molecule has 2 aromatic rings. The van der Waals surface area contributed by atoms with Crippen LogP contribution in [0.1, 0.15) is 16.5 Å². The summed E-state index contributed by atoms with van der Waals surface area (Å²) >= 11 is 1.81. The van der Waals surface area contributed by atoms with E-state index in [2.05, 4.69) is 45.8 Å². The Kier molecular flexibility index (Phi) is 4.48. The van der Waals surface area contributed by atoms with Gasteiger partial charge in [-0.3, -0.25) is 5.43 Å². The molecule has 1 saturated heterocycles. The number of benzene rings is 1. The first-order valence-corrected chi connectivity index (χ1v) is 8.89. The molecule has 1 fully saturated rings. The van der Waals surface area contributed by atoms with Gasteiger partial charge in [0.1, 0.15) is 13.2 Å². The third-order valence-corrected chi connectivity index (χ3v) is 5.24. The zero-order chi connectivity index (χ0) is 15.5. The molecular formula is C17H21N3O2S. The Labute approximate surface area is 140 Å². The number of hydrazine groups is 1. The molecule has 0 saturated carbocycles. The Morgan fingerprint density at radius 1 is 1.17 bits per heavy atom. The fourth-order valence-electron chi connectivity index (χ4n) is 3.10. The summed E-state index contributed by atoms with van der Waals surface area (Å²) in [5.74, 6) is 2.25. The lowest BCUT2D eigenvalue weighted by atomic mass is 10.0. The maximum Gasteiger partial charge on any atom is 0.161 e. The maximum absolute atomic E-state index is 5.64. The molecule has 0 aliphatic carbocycles. The summed E-state index contributed by atoms with van der Waals surface area (Å²) in [7, 11) is 0. The normalized spacial score (nSPS) is 23.1. The van der Waals surface area contributed by atoms with Gasteiger partial charge in [0.05, 0.1) is 6.04 Å². The summed E-state index contributed by atoms with van der Waals surface area (Å²) in [6, 6.07) is 10.9. The molecule has 5 nitrogen and oxygen atoms in total. The molecule has 23 heavy (non-hydrogen) atoms. The Morgan fingerprint density at radius 3 is 2.96 bits per heavy atom. The smallest absolute Gasteiger partial charge is 0.161 e. The van der Waals surface area contributed by atoms with Crippen LogP contribution in [0.25, 0.3) is 0 Å². The van der Waals surface area contributed by atoms with Crippen LogP contribution in [0.3, 0.4) is 0 Å². The van der Waals surface area contributed by atoms with Gasteiger partial charge in [-0.2, -0.15) is 0 Å². The molecule has 6 heteroatoms. The Morgan fingerprint density at radius 2 is 2.09 bits per heavy atom. The first-order valence-electron chi connectivity index (χ1n) is 8.01. The Balaban J connectivity index is 1.33. The maximum atomic E-state index is 5.64. The van der Waals surface area contributed by atoms with Crippen molar-refractivity contribution in [2.45, 2.75) is 12.6 Å². The van der Waals surface area contributed by atoms with Crippen molar-refractivity contribution in [1.82, 2.24) is 16.2 Å². The number of fused-ring (bicyclic) bond motifs is 1. The van der Waals surface area contributed by atoms with Gasteiger partial charge >= 0.3 is 0 Å². The van der Waals surface area contributed by atoms with Gasteiger partial charge < -0.3 is 14.8 Å². The molecule has 1 aromatic carbocycles. The highest BCUT2D eigenvalue weighted by molar-refractivity contribution is 7.10. The van der Waals surface area contributed by atoms with Crippen LogP contribution in [0.15, 0.2) is 35.7 Å². The second-order valence-electron chi connectivity index (χ2n) is 5.89. The van der Waals surface area contributed by atoms with E-state index in [0.717, 1.165) is 31.1 Å². The number of ether oxygens (including phenoxy) is 2. The predicted octanol–water partition coefficient (Wildman–Crippen LogP) is 2.07. The van der Waals surface area contributed by atoms with E-state index in [0.29, 0.717) is 25.2 Å². The molecule has 2 unspecified atom stereocenters. The van der Waals surface area contributed by atoms with Gasteiger partial charge in [0.15, 0.2) is 11.5 Å². The van der Waals surface area contributed by atoms with Gasteiger partial charge in [-0.25, -0.2) is 5.43 Å². The fourth-order valence-corrected chi connectivity index (χ4v) is 3.97. The number of rotatable bonds is 5. The minimum atomic E-state index is 0.391. The van der Waals surface area contributed by atoms with Crippen LogP contribution in [0, 0.1) is 5.92 Å². The molecule has 2 aliphatic heterocycles. The lowest BCUT2D eigenvalue weighted by Crippen LogP contribution is -2.28. The van der Waals surface area contributed by atoms with Crippen molar-refractivity contribution >= 4 is 11.3 Å². The van der Waals surface area contributed by atoms with Crippen LogP contribution in [0.2, 0.25) is 0 Å². The second kappa shape index (κ2) is 6.88. The number of nitrogens with one attached hydrogen (secondary N) is 3. The standard InChI is InChI=1S/C17H21N3O2S/c1-2-16(23-7-1)17-13(11-19-20-17)10-18-9-12-3-4-14-15(8-12)22-6-5-21-14/h1-4,7-8,13,17-20H,5-6,9-11H2. The van der Waals surface area contributed by atoms with Crippen LogP contribution in [-0.2, 0) is 6.54 Å². The first-order chi connectivity index (χ1) is 11.4. The highest BCUT2D eigenvalue weighted by Crippen LogP contribution is 2.31. The summed E-state index contributed by atoms with van der Waals surface area (Å²) in [6.45, 7) is 4.06. The van der Waals surface area contributed by atoms with E-state index < -0.39 is 0 Å². The van der Waals surface area contributed by atoms with Gasteiger partial charge in [0.2, 0.25) is 0 Å². The van der Waals surface area contributed by atoms with E-state index >= 15 is 0 Å². The third kappa shape index (κ3) is 3.35. The minimum absolute atomic E-state index is 0.391. The molecule has 0 radical (unpaired) electrons. The number of hydrogen-bond donors (Lipinski definition) is 3. The molecule has 0 bridgehead atoms. The van der Waals surface area contributed by atoms with Crippen molar-refractivity contribution < 1.29 is 9.47 Å². The van der Waals surface area contributed by atoms with E-state index in [-0.39, 0.29) is 0 Å². The molecule has 122 valence electrons. The van der Waals surface area contributed by atoms with E-state index in [1.54, 1.807) is 0 Å². The van der Waals surface area contributed by atoms with Crippen molar-refractivity contribution in [2.24, 2.45) is 5.92 Å². The van der Waals surface area contributed by atoms with Crippen molar-refractivity contribution in [1.29, 1.82) is 0 Å². The lowest BCUT2D eigenvalue weighted by Gasteiger charge is -2.20. The van der Waals surface area contributed by atoms with E-state index in [4.69, 9.17) is 9.47 Å². The van der Waals surface area contributed by atoms with Crippen LogP contribution in [0.5, 0.6) is 11.5 Å². The van der Waals surface area contributed by atoms with Gasteiger partial charge in [-0.05, 0) is 29.1 Å². The molecule has 1 aromatic heterocycles. The quantitative estimate of drug-likeness (QED) is 0.783. The third-order valence-electron chi connectivity index (χ3n) is 4.29. The van der Waals surface area contributed by atoms with Crippen molar-refractivity contribution in [3.8, 4) is 11.5 Å². The first kappa shape index (κ1) is 15.0. The molecule has 4 rings (SSSR count). The Bertz CT molecular complexity index is 647. The van der Waals surface area contributed by atoms with E-state index in [1.807, 2.05) is 17.4 Å². The fraction of sp³-hybridized carbons (Fsp3) is 0.412. The number of thiophene rings is 1. The molecule has 0 amide bonds. The summed E-state index contributed by atoms with van der Waals surface area (Å²) in [4.78, 5) is 1.39. The van der Waals surface area contributed by atoms with E-state index in [1.165, 1.54) is 10.4 Å². The van der Waals surface area contributed by atoms with Gasteiger partial charge in [0.25, 0.3) is 0 Å².